The van der Waals surface area contributed by atoms with Gasteiger partial charge in [0.1, 0.15) is 0 Å². The van der Waals surface area contributed by atoms with Crippen molar-refractivity contribution in [1.29, 1.82) is 0 Å². The molecule has 0 radical (unpaired) electrons. The molecular weight excluding hydrogens is 408 g/mol. The van der Waals surface area contributed by atoms with Crippen LogP contribution in [0, 0.1) is 13.8 Å². The minimum absolute atomic E-state index is 0.219. The summed E-state index contributed by atoms with van der Waals surface area (Å²) in [7, 11) is 1.62. The van der Waals surface area contributed by atoms with E-state index in [1.165, 1.54) is 42.2 Å². The van der Waals surface area contributed by atoms with Crippen molar-refractivity contribution < 1.29 is 14.3 Å². The zero-order valence-corrected chi connectivity index (χ0v) is 19.5. The van der Waals surface area contributed by atoms with E-state index in [0.717, 1.165) is 33.5 Å². The smallest absolute Gasteiger partial charge is 0.250 e. The summed E-state index contributed by atoms with van der Waals surface area (Å²) in [5.74, 6) is 1.17. The molecule has 1 heterocycles. The number of unbranched alkanes of at least 4 members (excludes halogenated alkanes) is 3. The van der Waals surface area contributed by atoms with Crippen molar-refractivity contribution >= 4 is 38.7 Å². The number of amides is 1. The zero-order chi connectivity index (χ0) is 22.2. The number of methoxy groups -OCH3 is 1. The van der Waals surface area contributed by atoms with E-state index in [0.29, 0.717) is 17.5 Å². The molecule has 1 aromatic heterocycles. The normalized spacial score (nSPS) is 11.2. The molecule has 0 fully saturated rings. The van der Waals surface area contributed by atoms with Crippen LogP contribution in [0.5, 0.6) is 11.5 Å². The Morgan fingerprint density at radius 3 is 2.74 bits per heavy atom. The lowest BCUT2D eigenvalue weighted by atomic mass is 10.1. The van der Waals surface area contributed by atoms with Crippen molar-refractivity contribution in [2.75, 3.05) is 19.0 Å². The molecule has 0 aliphatic carbocycles. The molecule has 0 saturated carbocycles. The predicted octanol–water partition coefficient (Wildman–Crippen LogP) is 6.53. The van der Waals surface area contributed by atoms with Gasteiger partial charge in [-0.1, -0.05) is 49.7 Å². The highest BCUT2D eigenvalue weighted by molar-refractivity contribution is 7.22. The summed E-state index contributed by atoms with van der Waals surface area (Å²) in [6.45, 7) is 6.96. The Morgan fingerprint density at radius 2 is 1.97 bits per heavy atom. The number of fused-ring (bicyclic) bond motifs is 1. The van der Waals surface area contributed by atoms with Crippen LogP contribution in [0.3, 0.4) is 0 Å². The summed E-state index contributed by atoms with van der Waals surface area (Å²) in [5, 5.41) is 3.46. The third kappa shape index (κ3) is 6.31. The Morgan fingerprint density at radius 1 is 1.13 bits per heavy atom. The molecule has 0 bridgehead atoms. The molecule has 0 atom stereocenters. The van der Waals surface area contributed by atoms with Gasteiger partial charge < -0.3 is 9.47 Å². The molecule has 3 aromatic rings. The number of carbonyl (C=O) groups is 1. The van der Waals surface area contributed by atoms with E-state index >= 15 is 0 Å². The lowest BCUT2D eigenvalue weighted by molar-refractivity contribution is -0.111. The van der Waals surface area contributed by atoms with Crippen LogP contribution in [-0.2, 0) is 4.79 Å². The van der Waals surface area contributed by atoms with Crippen LogP contribution in [0.2, 0.25) is 0 Å². The Labute approximate surface area is 188 Å². The zero-order valence-electron chi connectivity index (χ0n) is 18.7. The summed E-state index contributed by atoms with van der Waals surface area (Å²) in [6, 6.07) is 9.85. The van der Waals surface area contributed by atoms with E-state index in [9.17, 15) is 4.79 Å². The molecule has 0 aliphatic rings. The van der Waals surface area contributed by atoms with Crippen molar-refractivity contribution in [1.82, 2.24) is 4.98 Å². The number of aryl methyl sites for hydroxylation is 2. The van der Waals surface area contributed by atoms with Gasteiger partial charge in [0.05, 0.1) is 23.9 Å². The SMILES string of the molecule is CCCCCCOc1ccc(/C=C/C(=O)Nc2nc3c(C)cc(C)cc3s2)cc1OC. The second-order valence-corrected chi connectivity index (χ2v) is 8.62. The number of anilines is 1. The van der Waals surface area contributed by atoms with Gasteiger partial charge in [0.25, 0.3) is 0 Å². The van der Waals surface area contributed by atoms with Gasteiger partial charge in [0.15, 0.2) is 16.6 Å². The molecule has 5 nitrogen and oxygen atoms in total. The molecule has 0 saturated heterocycles. The monoisotopic (exact) mass is 438 g/mol. The first-order valence-electron chi connectivity index (χ1n) is 10.7. The van der Waals surface area contributed by atoms with E-state index in [1.807, 2.05) is 25.1 Å². The summed E-state index contributed by atoms with van der Waals surface area (Å²) in [6.07, 6.45) is 7.89. The van der Waals surface area contributed by atoms with E-state index < -0.39 is 0 Å². The van der Waals surface area contributed by atoms with Crippen molar-refractivity contribution in [3.8, 4) is 11.5 Å². The Kier molecular flexibility index (Phi) is 8.06. The maximum Gasteiger partial charge on any atom is 0.250 e. The molecular formula is C25H30N2O3S. The lowest BCUT2D eigenvalue weighted by Crippen LogP contribution is -2.07. The number of hydrogen-bond acceptors (Lipinski definition) is 5. The number of carbonyl (C=O) groups excluding carboxylic acids is 1. The number of aromatic nitrogens is 1. The minimum atomic E-state index is -0.219. The number of ether oxygens (including phenoxy) is 2. The first-order valence-corrected chi connectivity index (χ1v) is 11.5. The third-order valence-electron chi connectivity index (χ3n) is 4.93. The van der Waals surface area contributed by atoms with Crippen LogP contribution in [0.1, 0.15) is 49.3 Å². The summed E-state index contributed by atoms with van der Waals surface area (Å²) < 4.78 is 12.4. The number of benzene rings is 2. The van der Waals surface area contributed by atoms with Crippen molar-refractivity contribution in [3.05, 3.63) is 53.1 Å². The standard InChI is InChI=1S/C25H30N2O3S/c1-5-6-7-8-13-30-20-11-9-19(16-21(20)29-4)10-12-23(28)26-25-27-24-18(3)14-17(2)15-22(24)31-25/h9-12,14-16H,5-8,13H2,1-4H3,(H,26,27,28)/b12-10+. The molecule has 0 aliphatic heterocycles. The van der Waals surface area contributed by atoms with Gasteiger partial charge in [-0.2, -0.15) is 0 Å². The number of thiazole rings is 1. The van der Waals surface area contributed by atoms with E-state index in [4.69, 9.17) is 9.47 Å². The quantitative estimate of drug-likeness (QED) is 0.289. The van der Waals surface area contributed by atoms with Crippen LogP contribution in [-0.4, -0.2) is 24.6 Å². The van der Waals surface area contributed by atoms with Crippen molar-refractivity contribution in [2.24, 2.45) is 0 Å². The van der Waals surface area contributed by atoms with Crippen molar-refractivity contribution in [3.63, 3.8) is 0 Å². The maximum atomic E-state index is 12.4. The first-order chi connectivity index (χ1) is 15.0. The van der Waals surface area contributed by atoms with Gasteiger partial charge in [-0.25, -0.2) is 4.98 Å². The fraction of sp³-hybridized carbons (Fsp3) is 0.360. The van der Waals surface area contributed by atoms with Gasteiger partial charge in [-0.05, 0) is 61.2 Å². The molecule has 0 unspecified atom stereocenters. The maximum absolute atomic E-state index is 12.4. The fourth-order valence-corrected chi connectivity index (χ4v) is 4.41. The molecule has 1 N–H and O–H groups in total. The van der Waals surface area contributed by atoms with Gasteiger partial charge in [-0.15, -0.1) is 0 Å². The molecule has 1 amide bonds. The summed E-state index contributed by atoms with van der Waals surface area (Å²) >= 11 is 1.48. The molecule has 0 spiro atoms. The third-order valence-corrected chi connectivity index (χ3v) is 5.85. The summed E-state index contributed by atoms with van der Waals surface area (Å²) in [4.78, 5) is 16.9. The topological polar surface area (TPSA) is 60.5 Å². The second-order valence-electron chi connectivity index (χ2n) is 7.59. The average molecular weight is 439 g/mol. The highest BCUT2D eigenvalue weighted by Crippen LogP contribution is 2.30. The largest absolute Gasteiger partial charge is 0.493 e. The van der Waals surface area contributed by atoms with Crippen LogP contribution >= 0.6 is 11.3 Å². The number of rotatable bonds is 10. The van der Waals surface area contributed by atoms with Gasteiger partial charge in [0, 0.05) is 6.08 Å². The Balaban J connectivity index is 1.61. The second kappa shape index (κ2) is 11.0. The minimum Gasteiger partial charge on any atom is -0.493 e. The number of hydrogen-bond donors (Lipinski definition) is 1. The van der Waals surface area contributed by atoms with Crippen molar-refractivity contribution in [2.45, 2.75) is 46.5 Å². The van der Waals surface area contributed by atoms with Gasteiger partial charge in [0.2, 0.25) is 5.91 Å². The first kappa shape index (κ1) is 22.8. The Bertz CT molecular complexity index is 1070. The van der Waals surface area contributed by atoms with Crippen LogP contribution in [0.4, 0.5) is 5.13 Å². The van der Waals surface area contributed by atoms with Crippen LogP contribution < -0.4 is 14.8 Å². The molecule has 31 heavy (non-hydrogen) atoms. The van der Waals surface area contributed by atoms with Crippen LogP contribution in [0.25, 0.3) is 16.3 Å². The highest BCUT2D eigenvalue weighted by atomic mass is 32.1. The van der Waals surface area contributed by atoms with Gasteiger partial charge >= 0.3 is 0 Å². The molecule has 6 heteroatoms. The molecule has 164 valence electrons. The molecule has 2 aromatic carbocycles. The Hall–Kier alpha value is -2.86. The highest BCUT2D eigenvalue weighted by Gasteiger charge is 2.09. The lowest BCUT2D eigenvalue weighted by Gasteiger charge is -2.11. The number of nitrogens with zero attached hydrogens (tertiary/aromatic N) is 1. The van der Waals surface area contributed by atoms with E-state index in [2.05, 4.69) is 36.3 Å². The number of nitrogens with one attached hydrogen (secondary N) is 1. The van der Waals surface area contributed by atoms with Crippen LogP contribution in [0.15, 0.2) is 36.4 Å². The molecule has 3 rings (SSSR count). The summed E-state index contributed by atoms with van der Waals surface area (Å²) in [5.41, 5.74) is 4.10. The van der Waals surface area contributed by atoms with E-state index in [1.54, 1.807) is 13.2 Å². The van der Waals surface area contributed by atoms with E-state index in [-0.39, 0.29) is 5.91 Å². The fourth-order valence-electron chi connectivity index (χ4n) is 3.36. The average Bonchev–Trinajstić information content (AvgIpc) is 3.15. The van der Waals surface area contributed by atoms with Gasteiger partial charge in [-0.3, -0.25) is 10.1 Å². The predicted molar refractivity (Wildman–Crippen MR) is 129 cm³/mol.